The van der Waals surface area contributed by atoms with Crippen molar-refractivity contribution in [3.63, 3.8) is 0 Å². The van der Waals surface area contributed by atoms with Gasteiger partial charge in [-0.05, 0) is 18.2 Å². The Morgan fingerprint density at radius 3 is 2.75 bits per heavy atom. The van der Waals surface area contributed by atoms with Crippen LogP contribution in [-0.2, 0) is 11.3 Å². The van der Waals surface area contributed by atoms with Gasteiger partial charge in [-0.1, -0.05) is 18.2 Å². The Balaban J connectivity index is 1.61. The van der Waals surface area contributed by atoms with E-state index in [9.17, 15) is 4.79 Å². The molecule has 1 N–H and O–H groups in total. The van der Waals surface area contributed by atoms with Crippen molar-refractivity contribution < 1.29 is 14.3 Å². The van der Waals surface area contributed by atoms with Crippen molar-refractivity contribution in [2.75, 3.05) is 38.7 Å². The van der Waals surface area contributed by atoms with Gasteiger partial charge in [-0.25, -0.2) is 4.98 Å². The highest BCUT2D eigenvalue weighted by molar-refractivity contribution is 5.92. The number of carbonyl (C=O) groups excluding carboxylic acids is 1. The van der Waals surface area contributed by atoms with Gasteiger partial charge in [0.1, 0.15) is 11.4 Å². The van der Waals surface area contributed by atoms with Crippen LogP contribution in [0.2, 0.25) is 0 Å². The molecule has 1 aliphatic heterocycles. The number of rotatable bonds is 5. The first kappa shape index (κ1) is 16.3. The summed E-state index contributed by atoms with van der Waals surface area (Å²) in [6.07, 6.45) is 1.68. The van der Waals surface area contributed by atoms with Crippen LogP contribution in [0.1, 0.15) is 16.1 Å². The number of nitrogens with zero attached hydrogens (tertiary/aromatic N) is 2. The van der Waals surface area contributed by atoms with Crippen LogP contribution in [0, 0.1) is 0 Å². The molecule has 0 bridgehead atoms. The fraction of sp³-hybridized carbons (Fsp3) is 0.333. The first-order chi connectivity index (χ1) is 11.8. The lowest BCUT2D eigenvalue weighted by Crippen LogP contribution is -2.41. The number of benzene rings is 1. The zero-order chi connectivity index (χ0) is 16.8. The van der Waals surface area contributed by atoms with Gasteiger partial charge in [-0.2, -0.15) is 0 Å². The molecule has 0 atom stereocenters. The topological polar surface area (TPSA) is 63.7 Å². The molecule has 126 valence electrons. The molecule has 0 saturated carbocycles. The number of ether oxygens (including phenoxy) is 2. The Hall–Kier alpha value is -2.60. The molecule has 3 rings (SSSR count). The largest absolute Gasteiger partial charge is 0.496 e. The lowest BCUT2D eigenvalue weighted by atomic mass is 10.2. The number of hydrogen-bond acceptors (Lipinski definition) is 5. The summed E-state index contributed by atoms with van der Waals surface area (Å²) in [4.78, 5) is 18.4. The van der Waals surface area contributed by atoms with Crippen LogP contribution in [0.3, 0.4) is 0 Å². The Bertz CT molecular complexity index is 682. The summed E-state index contributed by atoms with van der Waals surface area (Å²) >= 11 is 0. The molecule has 1 amide bonds. The Morgan fingerprint density at radius 1 is 1.25 bits per heavy atom. The number of methoxy groups -OCH3 is 1. The molecule has 1 aromatic heterocycles. The number of anilines is 1. The molecule has 1 aliphatic rings. The molecule has 24 heavy (non-hydrogen) atoms. The molecular formula is C18H21N3O3. The van der Waals surface area contributed by atoms with Crippen LogP contribution >= 0.6 is 0 Å². The Labute approximate surface area is 141 Å². The smallest absolute Gasteiger partial charge is 0.272 e. The average Bonchev–Trinajstić information content (AvgIpc) is 2.67. The Kier molecular flexibility index (Phi) is 5.28. The number of hydrogen-bond donors (Lipinski definition) is 1. The second kappa shape index (κ2) is 7.79. The summed E-state index contributed by atoms with van der Waals surface area (Å²) in [5, 5.41) is 3.29. The molecule has 6 heteroatoms. The zero-order valence-electron chi connectivity index (χ0n) is 13.7. The molecule has 2 heterocycles. The third-order valence-corrected chi connectivity index (χ3v) is 3.96. The summed E-state index contributed by atoms with van der Waals surface area (Å²) in [5.74, 6) is 0.798. The van der Waals surface area contributed by atoms with E-state index in [0.29, 0.717) is 38.5 Å². The minimum Gasteiger partial charge on any atom is -0.496 e. The molecule has 2 aromatic rings. The molecule has 0 aliphatic carbocycles. The van der Waals surface area contributed by atoms with Crippen LogP contribution in [0.5, 0.6) is 5.75 Å². The van der Waals surface area contributed by atoms with E-state index in [1.807, 2.05) is 30.3 Å². The molecule has 1 saturated heterocycles. The summed E-state index contributed by atoms with van der Waals surface area (Å²) < 4.78 is 10.6. The van der Waals surface area contributed by atoms with Crippen molar-refractivity contribution in [2.45, 2.75) is 6.54 Å². The molecule has 6 nitrogen and oxygen atoms in total. The molecular weight excluding hydrogens is 306 g/mol. The van der Waals surface area contributed by atoms with Crippen LogP contribution < -0.4 is 10.1 Å². The van der Waals surface area contributed by atoms with Gasteiger partial charge in [0.05, 0.1) is 32.2 Å². The van der Waals surface area contributed by atoms with Crippen molar-refractivity contribution >= 4 is 11.6 Å². The second-order valence-corrected chi connectivity index (χ2v) is 5.50. The fourth-order valence-electron chi connectivity index (χ4n) is 2.60. The van der Waals surface area contributed by atoms with E-state index < -0.39 is 0 Å². The van der Waals surface area contributed by atoms with E-state index in [-0.39, 0.29) is 5.91 Å². The highest BCUT2D eigenvalue weighted by Crippen LogP contribution is 2.19. The standard InChI is InChI=1S/C18H21N3O3/c1-23-17-5-3-2-4-14(17)12-19-15-6-7-16(20-13-15)18(22)21-8-10-24-11-9-21/h2-7,13,19H,8-12H2,1H3. The predicted molar refractivity (Wildman–Crippen MR) is 91.3 cm³/mol. The average molecular weight is 327 g/mol. The van der Waals surface area contributed by atoms with E-state index in [1.165, 1.54) is 0 Å². The maximum absolute atomic E-state index is 12.3. The molecule has 1 fully saturated rings. The SMILES string of the molecule is COc1ccccc1CNc1ccc(C(=O)N2CCOCC2)nc1. The summed E-state index contributed by atoms with van der Waals surface area (Å²) in [6, 6.07) is 11.5. The van der Waals surface area contributed by atoms with Gasteiger partial charge < -0.3 is 19.7 Å². The fourth-order valence-corrected chi connectivity index (χ4v) is 2.60. The second-order valence-electron chi connectivity index (χ2n) is 5.50. The molecule has 0 radical (unpaired) electrons. The van der Waals surface area contributed by atoms with E-state index in [1.54, 1.807) is 24.3 Å². The normalized spacial score (nSPS) is 14.3. The lowest BCUT2D eigenvalue weighted by molar-refractivity contribution is 0.0299. The maximum atomic E-state index is 12.3. The number of nitrogens with one attached hydrogen (secondary N) is 1. The quantitative estimate of drug-likeness (QED) is 0.912. The van der Waals surface area contributed by atoms with E-state index in [4.69, 9.17) is 9.47 Å². The number of amides is 1. The molecule has 0 unspecified atom stereocenters. The van der Waals surface area contributed by atoms with Gasteiger partial charge in [0.2, 0.25) is 0 Å². The Morgan fingerprint density at radius 2 is 2.04 bits per heavy atom. The van der Waals surface area contributed by atoms with E-state index in [2.05, 4.69) is 10.3 Å². The van der Waals surface area contributed by atoms with Crippen LogP contribution in [0.4, 0.5) is 5.69 Å². The third-order valence-electron chi connectivity index (χ3n) is 3.96. The van der Waals surface area contributed by atoms with Gasteiger partial charge in [0.25, 0.3) is 5.91 Å². The van der Waals surface area contributed by atoms with Crippen LogP contribution in [-0.4, -0.2) is 49.2 Å². The van der Waals surface area contributed by atoms with Crippen molar-refractivity contribution in [3.05, 3.63) is 53.9 Å². The number of carbonyl (C=O) groups is 1. The number of para-hydroxylation sites is 1. The minimum atomic E-state index is -0.0467. The summed E-state index contributed by atoms with van der Waals surface area (Å²) in [7, 11) is 1.66. The van der Waals surface area contributed by atoms with Gasteiger partial charge in [0.15, 0.2) is 0 Å². The third kappa shape index (κ3) is 3.83. The van der Waals surface area contributed by atoms with Gasteiger partial charge in [-0.15, -0.1) is 0 Å². The minimum absolute atomic E-state index is 0.0467. The number of aromatic nitrogens is 1. The highest BCUT2D eigenvalue weighted by Gasteiger charge is 2.19. The van der Waals surface area contributed by atoms with Gasteiger partial charge in [-0.3, -0.25) is 4.79 Å². The number of morpholine rings is 1. The number of pyridine rings is 1. The first-order valence-corrected chi connectivity index (χ1v) is 7.97. The first-order valence-electron chi connectivity index (χ1n) is 7.97. The predicted octanol–water partition coefficient (Wildman–Crippen LogP) is 2.17. The van der Waals surface area contributed by atoms with Crippen molar-refractivity contribution in [1.82, 2.24) is 9.88 Å². The molecule has 0 spiro atoms. The van der Waals surface area contributed by atoms with Gasteiger partial charge >= 0.3 is 0 Å². The monoisotopic (exact) mass is 327 g/mol. The van der Waals surface area contributed by atoms with Crippen molar-refractivity contribution in [1.29, 1.82) is 0 Å². The summed E-state index contributed by atoms with van der Waals surface area (Å²) in [6.45, 7) is 3.04. The maximum Gasteiger partial charge on any atom is 0.272 e. The van der Waals surface area contributed by atoms with Crippen LogP contribution in [0.15, 0.2) is 42.6 Å². The molecule has 1 aromatic carbocycles. The highest BCUT2D eigenvalue weighted by atomic mass is 16.5. The van der Waals surface area contributed by atoms with Crippen molar-refractivity contribution in [3.8, 4) is 5.75 Å². The summed E-state index contributed by atoms with van der Waals surface area (Å²) in [5.41, 5.74) is 2.38. The van der Waals surface area contributed by atoms with E-state index in [0.717, 1.165) is 17.0 Å². The van der Waals surface area contributed by atoms with Crippen LogP contribution in [0.25, 0.3) is 0 Å². The lowest BCUT2D eigenvalue weighted by Gasteiger charge is -2.26. The van der Waals surface area contributed by atoms with Gasteiger partial charge in [0, 0.05) is 25.2 Å². The van der Waals surface area contributed by atoms with E-state index >= 15 is 0 Å². The van der Waals surface area contributed by atoms with Crippen molar-refractivity contribution in [2.24, 2.45) is 0 Å². The zero-order valence-corrected chi connectivity index (χ0v) is 13.7.